The first-order valence-electron chi connectivity index (χ1n) is 6.38. The van der Waals surface area contributed by atoms with Gasteiger partial charge < -0.3 is 20.9 Å². The fraction of sp³-hybridized carbons (Fsp3) is 0.357. The zero-order valence-corrected chi connectivity index (χ0v) is 10.8. The summed E-state index contributed by atoms with van der Waals surface area (Å²) in [5.41, 5.74) is 8.46. The molecule has 0 spiro atoms. The lowest BCUT2D eigenvalue weighted by Crippen LogP contribution is -2.09. The van der Waals surface area contributed by atoms with E-state index in [0.29, 0.717) is 18.9 Å². The molecule has 0 radical (unpaired) electrons. The van der Waals surface area contributed by atoms with Gasteiger partial charge in [0.2, 0.25) is 0 Å². The molecule has 0 amide bonds. The van der Waals surface area contributed by atoms with Crippen molar-refractivity contribution in [1.29, 1.82) is 0 Å². The second-order valence-corrected chi connectivity index (χ2v) is 4.22. The van der Waals surface area contributed by atoms with Crippen LogP contribution in [0, 0.1) is 0 Å². The summed E-state index contributed by atoms with van der Waals surface area (Å²) in [6, 6.07) is 7.89. The molecule has 0 saturated heterocycles. The van der Waals surface area contributed by atoms with Crippen LogP contribution in [0.1, 0.15) is 6.42 Å². The Hall–Kier alpha value is -1.85. The molecule has 0 unspecified atom stereocenters. The topological polar surface area (TPSA) is 80.4 Å². The molecule has 0 saturated carbocycles. The van der Waals surface area contributed by atoms with Crippen LogP contribution in [0.2, 0.25) is 0 Å². The van der Waals surface area contributed by atoms with E-state index in [1.54, 1.807) is 6.20 Å². The minimum atomic E-state index is 0.0649. The number of ether oxygens (including phenoxy) is 1. The third kappa shape index (κ3) is 3.56. The fourth-order valence-electron chi connectivity index (χ4n) is 1.91. The van der Waals surface area contributed by atoms with Gasteiger partial charge in [-0.25, -0.2) is 0 Å². The highest BCUT2D eigenvalue weighted by Crippen LogP contribution is 2.27. The summed E-state index contributed by atoms with van der Waals surface area (Å²) in [7, 11) is 0. The van der Waals surface area contributed by atoms with E-state index in [2.05, 4.69) is 10.3 Å². The Morgan fingerprint density at radius 3 is 2.95 bits per heavy atom. The predicted molar refractivity (Wildman–Crippen MR) is 77.2 cm³/mol. The number of pyridine rings is 1. The number of aliphatic hydroxyl groups excluding tert-OH is 1. The van der Waals surface area contributed by atoms with Crippen molar-refractivity contribution in [1.82, 2.24) is 4.98 Å². The average molecular weight is 261 g/mol. The Balaban J connectivity index is 1.98. The summed E-state index contributed by atoms with van der Waals surface area (Å²) < 4.78 is 5.20. The molecule has 5 nitrogen and oxygen atoms in total. The molecule has 0 atom stereocenters. The van der Waals surface area contributed by atoms with Gasteiger partial charge in [0.15, 0.2) is 0 Å². The van der Waals surface area contributed by atoms with E-state index in [4.69, 9.17) is 15.6 Å². The summed E-state index contributed by atoms with van der Waals surface area (Å²) in [5, 5.41) is 12.9. The van der Waals surface area contributed by atoms with Crippen LogP contribution >= 0.6 is 0 Å². The number of rotatable bonds is 7. The van der Waals surface area contributed by atoms with Crippen molar-refractivity contribution in [2.75, 3.05) is 37.4 Å². The Morgan fingerprint density at radius 2 is 2.11 bits per heavy atom. The van der Waals surface area contributed by atoms with E-state index in [1.165, 1.54) is 0 Å². The molecule has 1 aromatic heterocycles. The van der Waals surface area contributed by atoms with Crippen molar-refractivity contribution >= 4 is 22.3 Å². The van der Waals surface area contributed by atoms with Gasteiger partial charge in [0.05, 0.1) is 36.3 Å². The number of anilines is 2. The number of aliphatic hydroxyl groups is 1. The number of nitrogens with one attached hydrogen (secondary N) is 1. The third-order valence-electron chi connectivity index (χ3n) is 2.81. The Bertz CT molecular complexity index is 531. The molecular formula is C14H19N3O2. The van der Waals surface area contributed by atoms with Gasteiger partial charge in [0, 0.05) is 18.5 Å². The van der Waals surface area contributed by atoms with Crippen LogP contribution in [0.4, 0.5) is 11.4 Å². The largest absolute Gasteiger partial charge is 0.396 e. The zero-order chi connectivity index (χ0) is 13.5. The van der Waals surface area contributed by atoms with Crippen LogP contribution in [0.5, 0.6) is 0 Å². The summed E-state index contributed by atoms with van der Waals surface area (Å²) in [4.78, 5) is 4.29. The highest BCUT2D eigenvalue weighted by atomic mass is 16.5. The average Bonchev–Trinajstić information content (AvgIpc) is 2.44. The van der Waals surface area contributed by atoms with Crippen LogP contribution in [0.25, 0.3) is 10.9 Å². The van der Waals surface area contributed by atoms with Gasteiger partial charge in [-0.3, -0.25) is 4.98 Å². The summed E-state index contributed by atoms with van der Waals surface area (Å²) in [5.74, 6) is 0. The number of fused-ring (bicyclic) bond motifs is 1. The Labute approximate surface area is 112 Å². The Morgan fingerprint density at radius 1 is 1.26 bits per heavy atom. The lowest BCUT2D eigenvalue weighted by atomic mass is 10.1. The molecule has 4 N–H and O–H groups in total. The molecule has 2 aromatic rings. The number of hydrogen-bond acceptors (Lipinski definition) is 5. The van der Waals surface area contributed by atoms with Crippen molar-refractivity contribution in [3.63, 3.8) is 0 Å². The van der Waals surface area contributed by atoms with Gasteiger partial charge in [0.25, 0.3) is 0 Å². The first-order chi connectivity index (χ1) is 9.33. The molecule has 0 aliphatic rings. The molecule has 1 aromatic carbocycles. The standard InChI is InChI=1S/C14H19N3O2/c15-12-10-17-13-5-2-1-4-11(13)14(12)16-6-3-8-19-9-7-18/h1-2,4-5,10,18H,3,6-9,15H2,(H,16,17). The SMILES string of the molecule is Nc1cnc2ccccc2c1NCCCOCCO. The zero-order valence-electron chi connectivity index (χ0n) is 10.8. The highest BCUT2D eigenvalue weighted by Gasteiger charge is 2.05. The van der Waals surface area contributed by atoms with Gasteiger partial charge in [0.1, 0.15) is 0 Å². The summed E-state index contributed by atoms with van der Waals surface area (Å²) >= 11 is 0. The minimum absolute atomic E-state index is 0.0649. The van der Waals surface area contributed by atoms with Crippen molar-refractivity contribution in [3.05, 3.63) is 30.5 Å². The molecule has 0 aliphatic heterocycles. The van der Waals surface area contributed by atoms with Crippen LogP contribution in [0.3, 0.4) is 0 Å². The van der Waals surface area contributed by atoms with Crippen LogP contribution in [-0.4, -0.2) is 36.5 Å². The van der Waals surface area contributed by atoms with Gasteiger partial charge in [-0.1, -0.05) is 18.2 Å². The molecule has 0 bridgehead atoms. The fourth-order valence-corrected chi connectivity index (χ4v) is 1.91. The molecule has 2 rings (SSSR count). The Kier molecular flexibility index (Phi) is 4.94. The second-order valence-electron chi connectivity index (χ2n) is 4.22. The highest BCUT2D eigenvalue weighted by molar-refractivity contribution is 5.96. The van der Waals surface area contributed by atoms with E-state index < -0.39 is 0 Å². The summed E-state index contributed by atoms with van der Waals surface area (Å²) in [6.07, 6.45) is 2.53. The molecule has 102 valence electrons. The van der Waals surface area contributed by atoms with Gasteiger partial charge >= 0.3 is 0 Å². The van der Waals surface area contributed by atoms with Crippen LogP contribution in [-0.2, 0) is 4.74 Å². The molecular weight excluding hydrogens is 242 g/mol. The quantitative estimate of drug-likeness (QED) is 0.660. The number of nitrogens with two attached hydrogens (primary N) is 1. The van der Waals surface area contributed by atoms with E-state index in [0.717, 1.165) is 29.6 Å². The van der Waals surface area contributed by atoms with Gasteiger partial charge in [-0.05, 0) is 12.5 Å². The van der Waals surface area contributed by atoms with E-state index in [9.17, 15) is 0 Å². The number of para-hydroxylation sites is 1. The maximum absolute atomic E-state index is 8.59. The second kappa shape index (κ2) is 6.92. The van der Waals surface area contributed by atoms with Crippen molar-refractivity contribution < 1.29 is 9.84 Å². The minimum Gasteiger partial charge on any atom is -0.396 e. The smallest absolute Gasteiger partial charge is 0.0743 e. The lowest BCUT2D eigenvalue weighted by Gasteiger charge is -2.12. The van der Waals surface area contributed by atoms with Crippen molar-refractivity contribution in [2.24, 2.45) is 0 Å². The molecule has 19 heavy (non-hydrogen) atoms. The van der Waals surface area contributed by atoms with Gasteiger partial charge in [-0.2, -0.15) is 0 Å². The van der Waals surface area contributed by atoms with Crippen LogP contribution < -0.4 is 11.1 Å². The predicted octanol–water partition coefficient (Wildman–Crippen LogP) is 1.63. The number of nitrogen functional groups attached to an aromatic ring is 1. The van der Waals surface area contributed by atoms with E-state index >= 15 is 0 Å². The number of nitrogens with zero attached hydrogens (tertiary/aromatic N) is 1. The first-order valence-corrected chi connectivity index (χ1v) is 6.38. The maximum atomic E-state index is 8.59. The lowest BCUT2D eigenvalue weighted by molar-refractivity contribution is 0.0922. The first kappa shape index (κ1) is 13.6. The summed E-state index contributed by atoms with van der Waals surface area (Å²) in [6.45, 7) is 1.84. The molecule has 5 heteroatoms. The molecule has 0 aliphatic carbocycles. The van der Waals surface area contributed by atoms with Crippen molar-refractivity contribution in [3.8, 4) is 0 Å². The van der Waals surface area contributed by atoms with E-state index in [-0.39, 0.29) is 6.61 Å². The molecule has 1 heterocycles. The number of aromatic nitrogens is 1. The third-order valence-corrected chi connectivity index (χ3v) is 2.81. The molecule has 0 fully saturated rings. The monoisotopic (exact) mass is 261 g/mol. The van der Waals surface area contributed by atoms with Gasteiger partial charge in [-0.15, -0.1) is 0 Å². The number of benzene rings is 1. The number of hydrogen-bond donors (Lipinski definition) is 3. The van der Waals surface area contributed by atoms with Crippen LogP contribution in [0.15, 0.2) is 30.5 Å². The van der Waals surface area contributed by atoms with Crippen molar-refractivity contribution in [2.45, 2.75) is 6.42 Å². The van der Waals surface area contributed by atoms with E-state index in [1.807, 2.05) is 24.3 Å². The normalized spacial score (nSPS) is 10.8. The maximum Gasteiger partial charge on any atom is 0.0743 e.